The molecular formula is C14H21F3N2O. The van der Waals surface area contributed by atoms with E-state index in [-0.39, 0.29) is 11.7 Å². The minimum atomic E-state index is -4.40. The third-order valence-electron chi connectivity index (χ3n) is 2.63. The van der Waals surface area contributed by atoms with Gasteiger partial charge >= 0.3 is 6.18 Å². The van der Waals surface area contributed by atoms with E-state index < -0.39 is 11.7 Å². The summed E-state index contributed by atoms with van der Waals surface area (Å²) in [5.74, 6) is 0.638. The molecule has 1 aromatic heterocycles. The Kier molecular flexibility index (Phi) is 6.10. The second kappa shape index (κ2) is 7.36. The van der Waals surface area contributed by atoms with Crippen molar-refractivity contribution in [2.75, 3.05) is 18.5 Å². The molecule has 3 nitrogen and oxygen atoms in total. The van der Waals surface area contributed by atoms with Gasteiger partial charge in [-0.05, 0) is 24.8 Å². The summed E-state index contributed by atoms with van der Waals surface area (Å²) < 4.78 is 43.8. The Morgan fingerprint density at radius 2 is 2.00 bits per heavy atom. The molecule has 0 spiro atoms. The Morgan fingerprint density at radius 3 is 2.55 bits per heavy atom. The average molecular weight is 290 g/mol. The molecule has 1 heterocycles. The van der Waals surface area contributed by atoms with Crippen molar-refractivity contribution in [2.24, 2.45) is 5.92 Å². The summed E-state index contributed by atoms with van der Waals surface area (Å²) in [4.78, 5) is 4.05. The number of pyridine rings is 1. The second-order valence-corrected chi connectivity index (χ2v) is 5.03. The first-order valence-electron chi connectivity index (χ1n) is 6.79. The minimum Gasteiger partial charge on any atom is -0.478 e. The van der Waals surface area contributed by atoms with Gasteiger partial charge in [0, 0.05) is 12.6 Å². The van der Waals surface area contributed by atoms with E-state index in [0.717, 1.165) is 25.0 Å². The lowest BCUT2D eigenvalue weighted by Gasteiger charge is -2.13. The van der Waals surface area contributed by atoms with Gasteiger partial charge < -0.3 is 10.1 Å². The summed E-state index contributed by atoms with van der Waals surface area (Å²) in [5, 5.41) is 2.86. The smallest absolute Gasteiger partial charge is 0.416 e. The lowest BCUT2D eigenvalue weighted by molar-refractivity contribution is -0.137. The zero-order chi connectivity index (χ0) is 15.2. The van der Waals surface area contributed by atoms with Crippen LogP contribution >= 0.6 is 0 Å². The highest BCUT2D eigenvalue weighted by atomic mass is 19.4. The second-order valence-electron chi connectivity index (χ2n) is 5.03. The van der Waals surface area contributed by atoms with Crippen molar-refractivity contribution in [3.8, 4) is 5.88 Å². The van der Waals surface area contributed by atoms with Crippen LogP contribution in [0.5, 0.6) is 5.88 Å². The summed E-state index contributed by atoms with van der Waals surface area (Å²) in [6.07, 6.45) is -2.82. The molecule has 0 bridgehead atoms. The molecule has 0 aliphatic heterocycles. The van der Waals surface area contributed by atoms with Gasteiger partial charge in [0.05, 0.1) is 12.2 Å². The molecule has 0 aliphatic carbocycles. The Hall–Kier alpha value is -1.46. The third-order valence-corrected chi connectivity index (χ3v) is 2.63. The fraction of sp³-hybridized carbons (Fsp3) is 0.643. The molecule has 0 radical (unpaired) electrons. The van der Waals surface area contributed by atoms with E-state index in [4.69, 9.17) is 4.74 Å². The predicted molar refractivity (Wildman–Crippen MR) is 73.0 cm³/mol. The summed E-state index contributed by atoms with van der Waals surface area (Å²) in [5.41, 5.74) is -0.745. The van der Waals surface area contributed by atoms with E-state index in [2.05, 4.69) is 10.3 Å². The molecule has 0 aliphatic rings. The van der Waals surface area contributed by atoms with Gasteiger partial charge in [0.15, 0.2) is 0 Å². The molecule has 1 N–H and O–H groups in total. The first-order valence-corrected chi connectivity index (χ1v) is 6.79. The van der Waals surface area contributed by atoms with Gasteiger partial charge in [0.25, 0.3) is 0 Å². The molecule has 0 fully saturated rings. The first kappa shape index (κ1) is 16.6. The molecule has 0 saturated carbocycles. The normalized spacial score (nSPS) is 11.8. The van der Waals surface area contributed by atoms with Crippen LogP contribution in [0.25, 0.3) is 0 Å². The predicted octanol–water partition coefficient (Wildman–Crippen LogP) is 4.35. The Balaban J connectivity index is 2.86. The van der Waals surface area contributed by atoms with Gasteiger partial charge in [-0.3, -0.25) is 0 Å². The summed E-state index contributed by atoms with van der Waals surface area (Å²) in [7, 11) is 0. The number of ether oxygens (including phenoxy) is 1. The zero-order valence-electron chi connectivity index (χ0n) is 12.0. The van der Waals surface area contributed by atoms with E-state index >= 15 is 0 Å². The topological polar surface area (TPSA) is 34.1 Å². The zero-order valence-corrected chi connectivity index (χ0v) is 12.0. The van der Waals surface area contributed by atoms with Crippen LogP contribution in [0.2, 0.25) is 0 Å². The van der Waals surface area contributed by atoms with Gasteiger partial charge in [-0.2, -0.15) is 18.2 Å². The minimum absolute atomic E-state index is 0.0130. The maximum Gasteiger partial charge on any atom is 0.416 e. The molecule has 0 aromatic carbocycles. The van der Waals surface area contributed by atoms with Crippen molar-refractivity contribution in [3.63, 3.8) is 0 Å². The van der Waals surface area contributed by atoms with E-state index in [9.17, 15) is 13.2 Å². The summed E-state index contributed by atoms with van der Waals surface area (Å²) in [6.45, 7) is 6.91. The van der Waals surface area contributed by atoms with Crippen LogP contribution in [0.1, 0.15) is 39.2 Å². The highest BCUT2D eigenvalue weighted by Crippen LogP contribution is 2.32. The number of alkyl halides is 3. The standard InChI is InChI=1S/C14H21F3N2O/c1-4-6-18-12-8-11(14(15,16)17)9-13(19-12)20-7-5-10(2)3/h8-10H,4-7H2,1-3H3,(H,18,19). The van der Waals surface area contributed by atoms with Crippen LogP contribution < -0.4 is 10.1 Å². The molecule has 0 atom stereocenters. The van der Waals surface area contributed by atoms with Gasteiger partial charge in [0.1, 0.15) is 5.82 Å². The Morgan fingerprint density at radius 1 is 1.30 bits per heavy atom. The van der Waals surface area contributed by atoms with Crippen molar-refractivity contribution in [2.45, 2.75) is 39.8 Å². The number of aromatic nitrogens is 1. The van der Waals surface area contributed by atoms with Crippen molar-refractivity contribution < 1.29 is 17.9 Å². The highest BCUT2D eigenvalue weighted by molar-refractivity contribution is 5.42. The van der Waals surface area contributed by atoms with Gasteiger partial charge in [-0.25, -0.2) is 0 Å². The summed E-state index contributed by atoms with van der Waals surface area (Å²) in [6, 6.07) is 1.95. The number of anilines is 1. The molecule has 114 valence electrons. The van der Waals surface area contributed by atoms with Crippen LogP contribution in [0, 0.1) is 5.92 Å². The maximum atomic E-state index is 12.8. The summed E-state index contributed by atoms with van der Waals surface area (Å²) >= 11 is 0. The molecule has 20 heavy (non-hydrogen) atoms. The third kappa shape index (κ3) is 5.67. The quantitative estimate of drug-likeness (QED) is 0.810. The van der Waals surface area contributed by atoms with Crippen molar-refractivity contribution in [3.05, 3.63) is 17.7 Å². The molecule has 1 rings (SSSR count). The van der Waals surface area contributed by atoms with E-state index in [1.807, 2.05) is 20.8 Å². The van der Waals surface area contributed by atoms with Crippen molar-refractivity contribution in [1.82, 2.24) is 4.98 Å². The van der Waals surface area contributed by atoms with Gasteiger partial charge in [0.2, 0.25) is 5.88 Å². The molecule has 0 amide bonds. The number of nitrogens with one attached hydrogen (secondary N) is 1. The van der Waals surface area contributed by atoms with Crippen molar-refractivity contribution in [1.29, 1.82) is 0 Å². The number of rotatable bonds is 7. The number of nitrogens with zero attached hydrogens (tertiary/aromatic N) is 1. The molecule has 6 heteroatoms. The number of hydrogen-bond donors (Lipinski definition) is 1. The average Bonchev–Trinajstić information content (AvgIpc) is 2.34. The molecule has 1 aromatic rings. The number of hydrogen-bond acceptors (Lipinski definition) is 3. The highest BCUT2D eigenvalue weighted by Gasteiger charge is 2.32. The van der Waals surface area contributed by atoms with E-state index in [0.29, 0.717) is 19.1 Å². The largest absolute Gasteiger partial charge is 0.478 e. The van der Waals surface area contributed by atoms with Crippen LogP contribution in [-0.2, 0) is 6.18 Å². The Labute approximate surface area is 117 Å². The molecular weight excluding hydrogens is 269 g/mol. The lowest BCUT2D eigenvalue weighted by atomic mass is 10.1. The first-order chi connectivity index (χ1) is 9.32. The molecule has 0 saturated heterocycles. The fourth-order valence-electron chi connectivity index (χ4n) is 1.49. The lowest BCUT2D eigenvalue weighted by Crippen LogP contribution is -2.11. The Bertz CT molecular complexity index is 419. The van der Waals surface area contributed by atoms with Gasteiger partial charge in [-0.15, -0.1) is 0 Å². The molecule has 0 unspecified atom stereocenters. The van der Waals surface area contributed by atoms with Crippen LogP contribution in [0.3, 0.4) is 0 Å². The maximum absolute atomic E-state index is 12.8. The number of halogens is 3. The SMILES string of the molecule is CCCNc1cc(C(F)(F)F)cc(OCCC(C)C)n1. The van der Waals surface area contributed by atoms with Gasteiger partial charge in [-0.1, -0.05) is 20.8 Å². The van der Waals surface area contributed by atoms with Crippen LogP contribution in [0.15, 0.2) is 12.1 Å². The van der Waals surface area contributed by atoms with E-state index in [1.165, 1.54) is 0 Å². The van der Waals surface area contributed by atoms with Crippen LogP contribution in [-0.4, -0.2) is 18.1 Å². The monoisotopic (exact) mass is 290 g/mol. The van der Waals surface area contributed by atoms with E-state index in [1.54, 1.807) is 0 Å². The fourth-order valence-corrected chi connectivity index (χ4v) is 1.49. The van der Waals surface area contributed by atoms with Crippen LogP contribution in [0.4, 0.5) is 19.0 Å². The van der Waals surface area contributed by atoms with Crippen molar-refractivity contribution >= 4 is 5.82 Å².